The number of carbonyl (C=O) groups is 1. The van der Waals surface area contributed by atoms with Gasteiger partial charge >= 0.3 is 0 Å². The molecule has 0 aromatic heterocycles. The third-order valence-electron chi connectivity index (χ3n) is 3.59. The van der Waals surface area contributed by atoms with E-state index in [1.807, 2.05) is 53.4 Å². The van der Waals surface area contributed by atoms with Crippen molar-refractivity contribution in [1.29, 1.82) is 0 Å². The van der Waals surface area contributed by atoms with E-state index < -0.39 is 0 Å². The van der Waals surface area contributed by atoms with Crippen molar-refractivity contribution in [3.8, 4) is 5.75 Å². The number of ether oxygens (including phenoxy) is 1. The van der Waals surface area contributed by atoms with Crippen molar-refractivity contribution >= 4 is 17.5 Å². The summed E-state index contributed by atoms with van der Waals surface area (Å²) < 4.78 is 5.69. The second kappa shape index (κ2) is 6.19. The van der Waals surface area contributed by atoms with Crippen molar-refractivity contribution < 1.29 is 9.53 Å². The molecule has 1 aliphatic heterocycles. The highest BCUT2D eigenvalue weighted by Crippen LogP contribution is 2.23. The molecule has 0 saturated heterocycles. The number of para-hydroxylation sites is 1. The van der Waals surface area contributed by atoms with Gasteiger partial charge in [0.05, 0.1) is 6.54 Å². The van der Waals surface area contributed by atoms with E-state index in [2.05, 4.69) is 0 Å². The van der Waals surface area contributed by atoms with Crippen LogP contribution < -0.4 is 4.74 Å². The van der Waals surface area contributed by atoms with Gasteiger partial charge in [-0.15, -0.1) is 11.6 Å². The monoisotopic (exact) mass is 301 g/mol. The Morgan fingerprint density at radius 3 is 2.67 bits per heavy atom. The van der Waals surface area contributed by atoms with E-state index in [-0.39, 0.29) is 5.91 Å². The lowest BCUT2D eigenvalue weighted by Gasteiger charge is -2.20. The van der Waals surface area contributed by atoms with E-state index >= 15 is 0 Å². The van der Waals surface area contributed by atoms with Crippen LogP contribution in [0.4, 0.5) is 0 Å². The quantitative estimate of drug-likeness (QED) is 0.795. The molecule has 21 heavy (non-hydrogen) atoms. The molecule has 0 saturated carbocycles. The molecule has 0 radical (unpaired) electrons. The van der Waals surface area contributed by atoms with Crippen LogP contribution in [0.3, 0.4) is 0 Å². The van der Waals surface area contributed by atoms with Gasteiger partial charge in [-0.3, -0.25) is 4.79 Å². The van der Waals surface area contributed by atoms with Gasteiger partial charge in [0, 0.05) is 23.6 Å². The zero-order valence-corrected chi connectivity index (χ0v) is 12.3. The summed E-state index contributed by atoms with van der Waals surface area (Å²) in [4.78, 5) is 14.4. The van der Waals surface area contributed by atoms with Gasteiger partial charge < -0.3 is 9.64 Å². The van der Waals surface area contributed by atoms with Crippen molar-refractivity contribution in [2.45, 2.75) is 12.4 Å². The molecule has 0 N–H and O–H groups in total. The number of nitrogens with zero attached hydrogens (tertiary/aromatic N) is 1. The fraction of sp³-hybridized carbons (Fsp3) is 0.235. The van der Waals surface area contributed by atoms with Crippen LogP contribution >= 0.6 is 11.6 Å². The third kappa shape index (κ3) is 3.03. The summed E-state index contributed by atoms with van der Waals surface area (Å²) in [5.41, 5.74) is 2.74. The van der Waals surface area contributed by atoms with Gasteiger partial charge in [-0.1, -0.05) is 30.3 Å². The SMILES string of the molecule is O=C(c1ccc(CCl)cc1)N1CCOc2ccccc2C1. The zero-order chi connectivity index (χ0) is 14.7. The lowest BCUT2D eigenvalue weighted by atomic mass is 10.1. The normalized spacial score (nSPS) is 14.0. The molecule has 0 bridgehead atoms. The molecule has 3 nitrogen and oxygen atoms in total. The number of fused-ring (bicyclic) bond motifs is 1. The zero-order valence-electron chi connectivity index (χ0n) is 11.6. The van der Waals surface area contributed by atoms with Gasteiger partial charge in [0.1, 0.15) is 12.4 Å². The Bertz CT molecular complexity index is 639. The maximum Gasteiger partial charge on any atom is 0.254 e. The minimum atomic E-state index is 0.0245. The average Bonchev–Trinajstić information content (AvgIpc) is 2.76. The topological polar surface area (TPSA) is 29.5 Å². The standard InChI is InChI=1S/C17H16ClNO2/c18-11-13-5-7-14(8-6-13)17(20)19-9-10-21-16-4-2-1-3-15(16)12-19/h1-8H,9-12H2. The molecular formula is C17H16ClNO2. The van der Waals surface area contributed by atoms with Crippen LogP contribution in [0.1, 0.15) is 21.5 Å². The molecule has 0 spiro atoms. The minimum absolute atomic E-state index is 0.0245. The van der Waals surface area contributed by atoms with E-state index in [1.165, 1.54) is 0 Å². The van der Waals surface area contributed by atoms with E-state index in [4.69, 9.17) is 16.3 Å². The molecule has 108 valence electrons. The Morgan fingerprint density at radius 1 is 1.14 bits per heavy atom. The molecule has 1 heterocycles. The van der Waals surface area contributed by atoms with Crippen molar-refractivity contribution in [1.82, 2.24) is 4.90 Å². The lowest BCUT2D eigenvalue weighted by molar-refractivity contribution is 0.0733. The van der Waals surface area contributed by atoms with Crippen LogP contribution in [0.25, 0.3) is 0 Å². The minimum Gasteiger partial charge on any atom is -0.491 e. The number of hydrogen-bond donors (Lipinski definition) is 0. The number of amides is 1. The van der Waals surface area contributed by atoms with Crippen LogP contribution in [0.5, 0.6) is 5.75 Å². The largest absolute Gasteiger partial charge is 0.491 e. The summed E-state index contributed by atoms with van der Waals surface area (Å²) in [7, 11) is 0. The highest BCUT2D eigenvalue weighted by atomic mass is 35.5. The average molecular weight is 302 g/mol. The van der Waals surface area contributed by atoms with Gasteiger partial charge in [-0.25, -0.2) is 0 Å². The molecule has 2 aromatic carbocycles. The van der Waals surface area contributed by atoms with E-state index in [0.717, 1.165) is 16.9 Å². The molecule has 0 unspecified atom stereocenters. The summed E-state index contributed by atoms with van der Waals surface area (Å²) in [5, 5.41) is 0. The number of carbonyl (C=O) groups excluding carboxylic acids is 1. The Labute approximate surface area is 129 Å². The number of hydrogen-bond acceptors (Lipinski definition) is 2. The molecule has 3 rings (SSSR count). The molecular weight excluding hydrogens is 286 g/mol. The molecule has 4 heteroatoms. The second-order valence-corrected chi connectivity index (χ2v) is 5.28. The fourth-order valence-electron chi connectivity index (χ4n) is 2.42. The van der Waals surface area contributed by atoms with E-state index in [1.54, 1.807) is 0 Å². The Morgan fingerprint density at radius 2 is 1.90 bits per heavy atom. The first kappa shape index (κ1) is 14.0. The maximum absolute atomic E-state index is 12.6. The molecule has 2 aromatic rings. The van der Waals surface area contributed by atoms with Crippen molar-refractivity contribution in [2.75, 3.05) is 13.2 Å². The molecule has 0 atom stereocenters. The number of rotatable bonds is 2. The third-order valence-corrected chi connectivity index (χ3v) is 3.90. The molecule has 1 amide bonds. The maximum atomic E-state index is 12.6. The number of benzene rings is 2. The van der Waals surface area contributed by atoms with Gasteiger partial charge in [0.25, 0.3) is 5.91 Å². The molecule has 0 fully saturated rings. The Balaban J connectivity index is 1.81. The first-order chi connectivity index (χ1) is 10.3. The van der Waals surface area contributed by atoms with Crippen LogP contribution in [0.2, 0.25) is 0 Å². The lowest BCUT2D eigenvalue weighted by Crippen LogP contribution is -2.32. The summed E-state index contributed by atoms with van der Waals surface area (Å²) in [6, 6.07) is 15.3. The number of alkyl halides is 1. The highest BCUT2D eigenvalue weighted by Gasteiger charge is 2.20. The Hall–Kier alpha value is -2.00. The van der Waals surface area contributed by atoms with Crippen LogP contribution in [-0.2, 0) is 12.4 Å². The van der Waals surface area contributed by atoms with Gasteiger partial charge in [-0.05, 0) is 23.8 Å². The van der Waals surface area contributed by atoms with E-state index in [9.17, 15) is 4.79 Å². The van der Waals surface area contributed by atoms with Gasteiger partial charge in [-0.2, -0.15) is 0 Å². The first-order valence-electron chi connectivity index (χ1n) is 6.93. The Kier molecular flexibility index (Phi) is 4.11. The summed E-state index contributed by atoms with van der Waals surface area (Å²) in [5.74, 6) is 1.35. The smallest absolute Gasteiger partial charge is 0.254 e. The van der Waals surface area contributed by atoms with Crippen LogP contribution in [0, 0.1) is 0 Å². The first-order valence-corrected chi connectivity index (χ1v) is 7.46. The molecule has 0 aliphatic carbocycles. The summed E-state index contributed by atoms with van der Waals surface area (Å²) >= 11 is 5.77. The van der Waals surface area contributed by atoms with Gasteiger partial charge in [0.15, 0.2) is 0 Å². The van der Waals surface area contributed by atoms with Crippen molar-refractivity contribution in [3.05, 3.63) is 65.2 Å². The predicted octanol–water partition coefficient (Wildman–Crippen LogP) is 3.46. The van der Waals surface area contributed by atoms with Crippen LogP contribution in [0.15, 0.2) is 48.5 Å². The van der Waals surface area contributed by atoms with Crippen LogP contribution in [-0.4, -0.2) is 24.0 Å². The molecule has 1 aliphatic rings. The van der Waals surface area contributed by atoms with Crippen molar-refractivity contribution in [3.63, 3.8) is 0 Å². The van der Waals surface area contributed by atoms with E-state index in [0.29, 0.717) is 31.1 Å². The fourth-order valence-corrected chi connectivity index (χ4v) is 2.60. The second-order valence-electron chi connectivity index (χ2n) is 5.01. The van der Waals surface area contributed by atoms with Crippen molar-refractivity contribution in [2.24, 2.45) is 0 Å². The highest BCUT2D eigenvalue weighted by molar-refractivity contribution is 6.17. The predicted molar refractivity (Wildman–Crippen MR) is 82.7 cm³/mol. The number of halogens is 1. The van der Waals surface area contributed by atoms with Gasteiger partial charge in [0.2, 0.25) is 0 Å². The summed E-state index contributed by atoms with van der Waals surface area (Å²) in [6.07, 6.45) is 0. The summed E-state index contributed by atoms with van der Waals surface area (Å²) in [6.45, 7) is 1.68.